The summed E-state index contributed by atoms with van der Waals surface area (Å²) in [4.78, 5) is 0. The van der Waals surface area contributed by atoms with Gasteiger partial charge in [0.1, 0.15) is 11.4 Å². The van der Waals surface area contributed by atoms with Crippen molar-refractivity contribution in [1.29, 1.82) is 0 Å². The maximum atomic E-state index is 5.54. The summed E-state index contributed by atoms with van der Waals surface area (Å²) in [6.07, 6.45) is -0.0833. The van der Waals surface area contributed by atoms with Crippen LogP contribution >= 0.6 is 0 Å². The van der Waals surface area contributed by atoms with Gasteiger partial charge in [-0.05, 0) is 0 Å². The molecule has 0 saturated heterocycles. The molecule has 0 aromatic carbocycles. The van der Waals surface area contributed by atoms with Crippen molar-refractivity contribution < 1.29 is 0 Å². The molecule has 0 unspecified atom stereocenters. The zero-order chi connectivity index (χ0) is 10.9. The van der Waals surface area contributed by atoms with Crippen molar-refractivity contribution in [2.45, 2.75) is 23.5 Å². The molecule has 0 aromatic heterocycles. The Morgan fingerprint density at radius 1 is 0.769 bits per heavy atom. The number of hydrogen-bond acceptors (Lipinski definition) is 8. The Balaban J connectivity index is 4.52. The van der Waals surface area contributed by atoms with Gasteiger partial charge in [-0.1, -0.05) is 0 Å². The molecular formula is C5H20N8. The van der Waals surface area contributed by atoms with Crippen molar-refractivity contribution >= 4 is 0 Å². The second-order valence-corrected chi connectivity index (χ2v) is 3.59. The molecule has 0 heterocycles. The third-order valence-corrected chi connectivity index (χ3v) is 1.81. The van der Waals surface area contributed by atoms with E-state index in [1.807, 2.05) is 0 Å². The molecule has 0 bridgehead atoms. The van der Waals surface area contributed by atoms with Crippen molar-refractivity contribution in [3.8, 4) is 0 Å². The Bertz CT molecular complexity index is 168. The molecule has 13 heavy (non-hydrogen) atoms. The lowest BCUT2D eigenvalue weighted by Crippen LogP contribution is -2.83. The molecule has 0 spiro atoms. The Kier molecular flexibility index (Phi) is 3.36. The monoisotopic (exact) mass is 192 g/mol. The van der Waals surface area contributed by atoms with Gasteiger partial charge in [-0.3, -0.25) is 17.2 Å². The van der Waals surface area contributed by atoms with Crippen LogP contribution in [0.5, 0.6) is 0 Å². The first-order valence-electron chi connectivity index (χ1n) is 3.74. The second-order valence-electron chi connectivity index (χ2n) is 3.59. The van der Waals surface area contributed by atoms with E-state index in [4.69, 9.17) is 45.9 Å². The van der Waals surface area contributed by atoms with Crippen molar-refractivity contribution in [2.24, 2.45) is 45.9 Å². The van der Waals surface area contributed by atoms with Crippen LogP contribution in [0, 0.1) is 0 Å². The van der Waals surface area contributed by atoms with Gasteiger partial charge in [0.05, 0.1) is 5.66 Å². The van der Waals surface area contributed by atoms with E-state index in [1.54, 1.807) is 0 Å². The summed E-state index contributed by atoms with van der Waals surface area (Å²) in [6.45, 7) is -0.000764. The fraction of sp³-hybridized carbons (Fsp3) is 1.00. The maximum absolute atomic E-state index is 5.54. The normalized spacial score (nSPS) is 14.8. The van der Waals surface area contributed by atoms with Crippen LogP contribution in [-0.4, -0.2) is 23.7 Å². The Morgan fingerprint density at radius 2 is 1.15 bits per heavy atom. The average molecular weight is 192 g/mol. The van der Waals surface area contributed by atoms with E-state index in [2.05, 4.69) is 0 Å². The lowest BCUT2D eigenvalue weighted by Gasteiger charge is -2.41. The van der Waals surface area contributed by atoms with Crippen LogP contribution in [0.25, 0.3) is 0 Å². The molecule has 0 atom stereocenters. The number of rotatable bonds is 4. The van der Waals surface area contributed by atoms with Crippen LogP contribution in [0.1, 0.15) is 6.42 Å². The predicted octanol–water partition coefficient (Wildman–Crippen LogP) is -4.91. The molecule has 16 N–H and O–H groups in total. The summed E-state index contributed by atoms with van der Waals surface area (Å²) in [5.41, 5.74) is 40.6. The first-order valence-corrected chi connectivity index (χ1v) is 3.74. The highest BCUT2D eigenvalue weighted by Gasteiger charge is 2.41. The van der Waals surface area contributed by atoms with Gasteiger partial charge in [-0.25, -0.2) is 0 Å². The van der Waals surface area contributed by atoms with Crippen LogP contribution in [0.3, 0.4) is 0 Å². The Labute approximate surface area is 76.9 Å². The summed E-state index contributed by atoms with van der Waals surface area (Å²) >= 11 is 0. The van der Waals surface area contributed by atoms with Crippen molar-refractivity contribution in [3.63, 3.8) is 0 Å². The first kappa shape index (κ1) is 12.7. The summed E-state index contributed by atoms with van der Waals surface area (Å²) in [6, 6.07) is 0. The van der Waals surface area contributed by atoms with E-state index in [9.17, 15) is 0 Å². The molecule has 0 aliphatic rings. The third-order valence-electron chi connectivity index (χ3n) is 1.81. The highest BCUT2D eigenvalue weighted by molar-refractivity contribution is 5.00. The summed E-state index contributed by atoms with van der Waals surface area (Å²) < 4.78 is 0. The van der Waals surface area contributed by atoms with Gasteiger partial charge < -0.3 is 28.7 Å². The zero-order valence-electron chi connectivity index (χ0n) is 7.53. The molecule has 0 radical (unpaired) electrons. The lowest BCUT2D eigenvalue weighted by molar-refractivity contribution is 0.178. The fourth-order valence-electron chi connectivity index (χ4n) is 0.770. The van der Waals surface area contributed by atoms with Gasteiger partial charge in [0, 0.05) is 13.0 Å². The second kappa shape index (κ2) is 3.44. The smallest absolute Gasteiger partial charge is 0.148 e. The zero-order valence-corrected chi connectivity index (χ0v) is 7.53. The molecule has 0 saturated carbocycles. The van der Waals surface area contributed by atoms with Crippen molar-refractivity contribution in [1.82, 2.24) is 0 Å². The molecule has 8 nitrogen and oxygen atoms in total. The predicted molar refractivity (Wildman–Crippen MR) is 51.2 cm³/mol. The molecule has 0 fully saturated rings. The van der Waals surface area contributed by atoms with Gasteiger partial charge in [0.15, 0.2) is 0 Å². The Morgan fingerprint density at radius 3 is 1.38 bits per heavy atom. The van der Waals surface area contributed by atoms with E-state index < -0.39 is 17.1 Å². The molecule has 0 rings (SSSR count). The van der Waals surface area contributed by atoms with Crippen LogP contribution in [-0.2, 0) is 0 Å². The quantitative estimate of drug-likeness (QED) is 0.202. The topological polar surface area (TPSA) is 208 Å². The van der Waals surface area contributed by atoms with E-state index in [-0.39, 0.29) is 13.0 Å². The summed E-state index contributed by atoms with van der Waals surface area (Å²) in [5.74, 6) is -1.76. The molecule has 0 aromatic rings. The van der Waals surface area contributed by atoms with Crippen LogP contribution < -0.4 is 45.9 Å². The van der Waals surface area contributed by atoms with Crippen LogP contribution in [0.15, 0.2) is 0 Å². The SMILES string of the molecule is NCC(N)(N)CC(N)(N)C(N)(N)N. The molecule has 80 valence electrons. The lowest BCUT2D eigenvalue weighted by atomic mass is 9.92. The maximum Gasteiger partial charge on any atom is 0.148 e. The van der Waals surface area contributed by atoms with Gasteiger partial charge in [-0.2, -0.15) is 0 Å². The summed E-state index contributed by atoms with van der Waals surface area (Å²) in [7, 11) is 0. The third kappa shape index (κ3) is 3.50. The number of nitrogens with two attached hydrogens (primary N) is 8. The molecule has 8 heteroatoms. The van der Waals surface area contributed by atoms with Gasteiger partial charge in [0.25, 0.3) is 0 Å². The Hall–Kier alpha value is -0.320. The van der Waals surface area contributed by atoms with Gasteiger partial charge in [-0.15, -0.1) is 0 Å². The number of hydrogen-bond donors (Lipinski definition) is 8. The first-order chi connectivity index (χ1) is 5.52. The molecular weight excluding hydrogens is 172 g/mol. The van der Waals surface area contributed by atoms with Gasteiger partial charge >= 0.3 is 0 Å². The highest BCUT2D eigenvalue weighted by atomic mass is 15.3. The van der Waals surface area contributed by atoms with Gasteiger partial charge in [0.2, 0.25) is 0 Å². The largest absolute Gasteiger partial charge is 0.328 e. The minimum atomic E-state index is -1.76. The fourth-order valence-corrected chi connectivity index (χ4v) is 0.770. The highest BCUT2D eigenvalue weighted by Crippen LogP contribution is 2.10. The summed E-state index contributed by atoms with van der Waals surface area (Å²) in [5, 5.41) is 0. The van der Waals surface area contributed by atoms with Crippen LogP contribution in [0.2, 0.25) is 0 Å². The van der Waals surface area contributed by atoms with E-state index in [0.717, 1.165) is 0 Å². The van der Waals surface area contributed by atoms with Crippen molar-refractivity contribution in [3.05, 3.63) is 0 Å². The van der Waals surface area contributed by atoms with Crippen LogP contribution in [0.4, 0.5) is 0 Å². The van der Waals surface area contributed by atoms with Crippen molar-refractivity contribution in [2.75, 3.05) is 6.54 Å². The molecule has 0 aliphatic carbocycles. The minimum Gasteiger partial charge on any atom is -0.328 e. The van der Waals surface area contributed by atoms with E-state index >= 15 is 0 Å². The molecule has 0 aliphatic heterocycles. The van der Waals surface area contributed by atoms with E-state index in [0.29, 0.717) is 0 Å². The standard InChI is InChI=1S/C5H20N8/c6-2-3(7,8)1-4(9,10)5(11,12)13/h1-2,6-13H2. The minimum absolute atomic E-state index is 0.000764. The average Bonchev–Trinajstić information content (AvgIpc) is 1.83. The molecule has 0 amide bonds. The van der Waals surface area contributed by atoms with E-state index in [1.165, 1.54) is 0 Å².